The molecule has 20 heavy (non-hydrogen) atoms. The number of pyridine rings is 1. The molecule has 0 unspecified atom stereocenters. The highest BCUT2D eigenvalue weighted by atomic mass is 32.2. The summed E-state index contributed by atoms with van der Waals surface area (Å²) in [6.07, 6.45) is 8.29. The molecule has 116 valence electrons. The van der Waals surface area contributed by atoms with Gasteiger partial charge in [-0.1, -0.05) is 32.3 Å². The number of halogens is 3. The number of hydrogen-bond acceptors (Lipinski definition) is 3. The van der Waals surface area contributed by atoms with Gasteiger partial charge < -0.3 is 0 Å². The third kappa shape index (κ3) is 8.87. The molecular formula is C12H18F3NO3S. The van der Waals surface area contributed by atoms with Crippen LogP contribution in [0.3, 0.4) is 0 Å². The summed E-state index contributed by atoms with van der Waals surface area (Å²) in [4.78, 5) is 4.28. The van der Waals surface area contributed by atoms with E-state index in [-0.39, 0.29) is 0 Å². The van der Waals surface area contributed by atoms with Gasteiger partial charge in [0.15, 0.2) is 0 Å². The molecular weight excluding hydrogens is 295 g/mol. The van der Waals surface area contributed by atoms with Crippen molar-refractivity contribution in [3.8, 4) is 0 Å². The van der Waals surface area contributed by atoms with Crippen molar-refractivity contribution in [2.45, 2.75) is 44.5 Å². The van der Waals surface area contributed by atoms with Crippen molar-refractivity contribution in [3.63, 3.8) is 0 Å². The first-order chi connectivity index (χ1) is 9.18. The highest BCUT2D eigenvalue weighted by Crippen LogP contribution is 2.20. The van der Waals surface area contributed by atoms with Gasteiger partial charge in [0, 0.05) is 11.9 Å². The Bertz CT molecular complexity index is 461. The summed E-state index contributed by atoms with van der Waals surface area (Å²) in [5.41, 5.74) is -4.30. The molecule has 1 rings (SSSR count). The maximum absolute atomic E-state index is 10.7. The van der Waals surface area contributed by atoms with Gasteiger partial charge in [0.25, 0.3) is 0 Å². The normalized spacial score (nSPS) is 11.7. The largest absolute Gasteiger partial charge is 0.522 e. The van der Waals surface area contributed by atoms with Gasteiger partial charge in [-0.15, -0.1) is 0 Å². The van der Waals surface area contributed by atoms with Crippen LogP contribution in [0.2, 0.25) is 0 Å². The number of nitrogens with zero attached hydrogens (tertiary/aromatic N) is 1. The maximum atomic E-state index is 10.7. The molecule has 0 spiro atoms. The van der Waals surface area contributed by atoms with Gasteiger partial charge >= 0.3 is 15.6 Å². The summed E-state index contributed by atoms with van der Waals surface area (Å²) in [6, 6.07) is 6.13. The quantitative estimate of drug-likeness (QED) is 0.512. The predicted molar refractivity (Wildman–Crippen MR) is 69.7 cm³/mol. The fraction of sp³-hybridized carbons (Fsp3) is 0.583. The Morgan fingerprint density at radius 3 is 2.20 bits per heavy atom. The van der Waals surface area contributed by atoms with E-state index in [1.165, 1.54) is 31.4 Å². The van der Waals surface area contributed by atoms with Crippen LogP contribution in [0.25, 0.3) is 0 Å². The first kappa shape index (κ1) is 18.9. The van der Waals surface area contributed by atoms with Gasteiger partial charge in [-0.2, -0.15) is 21.6 Å². The predicted octanol–water partition coefficient (Wildman–Crippen LogP) is 3.60. The van der Waals surface area contributed by atoms with Gasteiger partial charge in [0.05, 0.1) is 0 Å². The van der Waals surface area contributed by atoms with Crippen molar-refractivity contribution in [1.82, 2.24) is 4.98 Å². The summed E-state index contributed by atoms with van der Waals surface area (Å²) in [5, 5.41) is 0. The van der Waals surface area contributed by atoms with Crippen LogP contribution >= 0.6 is 0 Å². The zero-order valence-corrected chi connectivity index (χ0v) is 11.9. The van der Waals surface area contributed by atoms with Crippen LogP contribution in [0.5, 0.6) is 0 Å². The van der Waals surface area contributed by atoms with E-state index in [0.717, 1.165) is 6.42 Å². The Balaban J connectivity index is 0.000000396. The molecule has 0 aliphatic carbocycles. The van der Waals surface area contributed by atoms with E-state index in [4.69, 9.17) is 13.0 Å². The van der Waals surface area contributed by atoms with Gasteiger partial charge in [-0.3, -0.25) is 9.54 Å². The highest BCUT2D eigenvalue weighted by molar-refractivity contribution is 7.86. The highest BCUT2D eigenvalue weighted by Gasteiger charge is 2.44. The Morgan fingerprint density at radius 2 is 1.80 bits per heavy atom. The molecule has 4 nitrogen and oxygen atoms in total. The van der Waals surface area contributed by atoms with E-state index in [1.54, 1.807) is 0 Å². The minimum Gasteiger partial charge on any atom is -0.279 e. The van der Waals surface area contributed by atoms with Crippen molar-refractivity contribution in [2.75, 3.05) is 0 Å². The van der Waals surface area contributed by atoms with Gasteiger partial charge in [0.2, 0.25) is 0 Å². The second kappa shape index (κ2) is 8.91. The minimum absolute atomic E-state index is 1.14. The van der Waals surface area contributed by atoms with Crippen LogP contribution in [-0.2, 0) is 16.5 Å². The zero-order chi connectivity index (χ0) is 15.6. The lowest BCUT2D eigenvalue weighted by atomic mass is 10.1. The number of aromatic nitrogens is 1. The van der Waals surface area contributed by atoms with Gasteiger partial charge in [-0.05, 0) is 25.0 Å². The van der Waals surface area contributed by atoms with Crippen LogP contribution < -0.4 is 0 Å². The molecule has 1 aromatic rings. The van der Waals surface area contributed by atoms with Crippen molar-refractivity contribution >= 4 is 10.1 Å². The standard InChI is InChI=1S/C11H17N.CHF3O3S/c1-2-3-4-5-8-11-9-6-7-10-12-11;2-1(3,4)8(5,6)7/h6-7,9-10H,2-5,8H2,1H3;(H,5,6,7). The summed E-state index contributed by atoms with van der Waals surface area (Å²) in [7, 11) is -5.84. The average Bonchev–Trinajstić information content (AvgIpc) is 2.34. The fourth-order valence-electron chi connectivity index (χ4n) is 1.28. The molecule has 1 aromatic heterocycles. The summed E-state index contributed by atoms with van der Waals surface area (Å²) < 4.78 is 57.5. The third-order valence-corrected chi connectivity index (χ3v) is 2.89. The Labute approximate surface area is 116 Å². The first-order valence-corrected chi connectivity index (χ1v) is 7.56. The van der Waals surface area contributed by atoms with Crippen LogP contribution in [0.4, 0.5) is 13.2 Å². The molecule has 0 saturated carbocycles. The molecule has 0 aromatic carbocycles. The molecule has 8 heteroatoms. The van der Waals surface area contributed by atoms with Gasteiger partial charge in [0.1, 0.15) is 0 Å². The number of hydrogen-bond donors (Lipinski definition) is 1. The maximum Gasteiger partial charge on any atom is 0.522 e. The van der Waals surface area contributed by atoms with Crippen molar-refractivity contribution in [3.05, 3.63) is 30.1 Å². The molecule has 0 amide bonds. The van der Waals surface area contributed by atoms with E-state index in [0.29, 0.717) is 0 Å². The molecule has 1 N–H and O–H groups in total. The molecule has 0 saturated heterocycles. The summed E-state index contributed by atoms with van der Waals surface area (Å²) >= 11 is 0. The van der Waals surface area contributed by atoms with E-state index >= 15 is 0 Å². The smallest absolute Gasteiger partial charge is 0.279 e. The van der Waals surface area contributed by atoms with Crippen molar-refractivity contribution < 1.29 is 26.1 Å². The number of unbranched alkanes of at least 4 members (excludes halogenated alkanes) is 3. The number of rotatable bonds is 5. The van der Waals surface area contributed by atoms with E-state index < -0.39 is 15.6 Å². The monoisotopic (exact) mass is 313 g/mol. The lowest BCUT2D eigenvalue weighted by Gasteiger charge is -1.98. The first-order valence-electron chi connectivity index (χ1n) is 6.12. The Morgan fingerprint density at radius 1 is 1.20 bits per heavy atom. The van der Waals surface area contributed by atoms with E-state index in [2.05, 4.69) is 24.0 Å². The molecule has 1 heterocycles. The Kier molecular flexibility index (Phi) is 8.40. The molecule has 0 radical (unpaired) electrons. The van der Waals surface area contributed by atoms with E-state index in [9.17, 15) is 13.2 Å². The fourth-order valence-corrected chi connectivity index (χ4v) is 1.28. The summed E-state index contributed by atoms with van der Waals surface area (Å²) in [6.45, 7) is 2.24. The number of alkyl halides is 3. The van der Waals surface area contributed by atoms with Crippen LogP contribution in [-0.4, -0.2) is 23.5 Å². The zero-order valence-electron chi connectivity index (χ0n) is 11.1. The second-order valence-corrected chi connectivity index (χ2v) is 5.47. The van der Waals surface area contributed by atoms with Crippen LogP contribution in [0, 0.1) is 0 Å². The molecule has 0 fully saturated rings. The minimum atomic E-state index is -5.84. The Hall–Kier alpha value is -1.15. The second-order valence-electron chi connectivity index (χ2n) is 4.05. The number of aryl methyl sites for hydroxylation is 1. The van der Waals surface area contributed by atoms with Crippen LogP contribution in [0.1, 0.15) is 38.3 Å². The third-order valence-electron chi connectivity index (χ3n) is 2.31. The van der Waals surface area contributed by atoms with E-state index in [1.807, 2.05) is 12.3 Å². The van der Waals surface area contributed by atoms with Gasteiger partial charge in [-0.25, -0.2) is 0 Å². The lowest BCUT2D eigenvalue weighted by Crippen LogP contribution is -2.21. The molecule has 0 aliphatic heterocycles. The molecule has 0 aliphatic rings. The van der Waals surface area contributed by atoms with Crippen LogP contribution in [0.15, 0.2) is 24.4 Å². The van der Waals surface area contributed by atoms with Crippen molar-refractivity contribution in [2.24, 2.45) is 0 Å². The lowest BCUT2D eigenvalue weighted by molar-refractivity contribution is -0.0510. The topological polar surface area (TPSA) is 67.3 Å². The molecule has 0 atom stereocenters. The average molecular weight is 313 g/mol. The SMILES string of the molecule is CCCCCCc1ccccn1.O=S(=O)(O)C(F)(F)F. The summed E-state index contributed by atoms with van der Waals surface area (Å²) in [5.74, 6) is 0. The van der Waals surface area contributed by atoms with Crippen molar-refractivity contribution in [1.29, 1.82) is 0 Å². The molecule has 0 bridgehead atoms.